The number of aryl methyl sites for hydroxylation is 1. The molecule has 2 atom stereocenters. The Bertz CT molecular complexity index is 551. The van der Waals surface area contributed by atoms with Gasteiger partial charge in [-0.1, -0.05) is 12.8 Å². The molecule has 1 saturated carbocycles. The van der Waals surface area contributed by atoms with Crippen molar-refractivity contribution in [2.75, 3.05) is 0 Å². The second-order valence-corrected chi connectivity index (χ2v) is 5.15. The van der Waals surface area contributed by atoms with Gasteiger partial charge >= 0.3 is 0 Å². The molecule has 0 spiro atoms. The molecule has 1 aromatic heterocycles. The Balaban J connectivity index is 1.93. The van der Waals surface area contributed by atoms with Crippen molar-refractivity contribution in [1.29, 1.82) is 0 Å². The molecule has 0 aliphatic heterocycles. The highest BCUT2D eigenvalue weighted by Crippen LogP contribution is 2.29. The van der Waals surface area contributed by atoms with E-state index >= 15 is 0 Å². The Morgan fingerprint density at radius 1 is 1.19 bits per heavy atom. The van der Waals surface area contributed by atoms with Crippen LogP contribution in [0.4, 0.5) is 0 Å². The third kappa shape index (κ3) is 3.42. The number of hydrogen-bond acceptors (Lipinski definition) is 5. The lowest BCUT2D eigenvalue weighted by Crippen LogP contribution is -2.49. The molecule has 0 bridgehead atoms. The second kappa shape index (κ2) is 6.43. The molecule has 114 valence electrons. The third-order valence-corrected chi connectivity index (χ3v) is 3.81. The topological polar surface area (TPSA) is 111 Å². The highest BCUT2D eigenvalue weighted by Gasteiger charge is 2.32. The minimum absolute atomic E-state index is 0.315. The first-order chi connectivity index (χ1) is 10.0. The maximum absolute atomic E-state index is 12.0. The summed E-state index contributed by atoms with van der Waals surface area (Å²) in [4.78, 5) is 34.9. The summed E-state index contributed by atoms with van der Waals surface area (Å²) in [5, 5.41) is 11.0. The number of carboxylic acid groups (broad SMARTS) is 1. The van der Waals surface area contributed by atoms with Crippen molar-refractivity contribution in [2.45, 2.75) is 32.6 Å². The molecule has 2 N–H and O–H groups in total. The van der Waals surface area contributed by atoms with Gasteiger partial charge in [-0.25, -0.2) is 0 Å². The van der Waals surface area contributed by atoms with Crippen LogP contribution in [0.15, 0.2) is 16.7 Å². The first-order valence-electron chi connectivity index (χ1n) is 6.86. The maximum Gasteiger partial charge on any atom is 0.273 e. The zero-order chi connectivity index (χ0) is 15.4. The van der Waals surface area contributed by atoms with E-state index < -0.39 is 29.6 Å². The summed E-state index contributed by atoms with van der Waals surface area (Å²) < 4.78 is 5.00. The van der Waals surface area contributed by atoms with Crippen molar-refractivity contribution < 1.29 is 23.9 Å². The monoisotopic (exact) mass is 293 g/mol. The first kappa shape index (κ1) is 15.1. The van der Waals surface area contributed by atoms with Gasteiger partial charge in [-0.05, 0) is 25.8 Å². The van der Waals surface area contributed by atoms with Crippen LogP contribution in [0.1, 0.15) is 41.8 Å². The largest absolute Gasteiger partial charge is 0.550 e. The fourth-order valence-corrected chi connectivity index (χ4v) is 2.63. The third-order valence-electron chi connectivity index (χ3n) is 3.81. The van der Waals surface area contributed by atoms with Crippen LogP contribution >= 0.6 is 0 Å². The predicted octanol–water partition coefficient (Wildman–Crippen LogP) is -0.0947. The lowest BCUT2D eigenvalue weighted by molar-refractivity contribution is -0.314. The highest BCUT2D eigenvalue weighted by atomic mass is 16.4. The Kier molecular flexibility index (Phi) is 4.62. The van der Waals surface area contributed by atoms with Gasteiger partial charge in [-0.3, -0.25) is 20.4 Å². The molecule has 0 unspecified atom stereocenters. The lowest BCUT2D eigenvalue weighted by Gasteiger charge is -2.31. The van der Waals surface area contributed by atoms with Crippen LogP contribution in [0.25, 0.3) is 0 Å². The number of aliphatic carboxylic acids is 1. The van der Waals surface area contributed by atoms with Gasteiger partial charge in [0.15, 0.2) is 0 Å². The molecule has 2 rings (SSSR count). The number of amides is 2. The molecule has 1 heterocycles. The summed E-state index contributed by atoms with van der Waals surface area (Å²) in [6, 6.07) is 1.49. The van der Waals surface area contributed by atoms with Gasteiger partial charge in [0.1, 0.15) is 5.76 Å². The Labute approximate surface area is 121 Å². The normalized spacial score (nSPS) is 21.6. The van der Waals surface area contributed by atoms with Crippen molar-refractivity contribution in [2.24, 2.45) is 11.8 Å². The molecule has 1 aromatic rings. The first-order valence-corrected chi connectivity index (χ1v) is 6.86. The highest BCUT2D eigenvalue weighted by molar-refractivity contribution is 5.96. The van der Waals surface area contributed by atoms with Gasteiger partial charge in [-0.15, -0.1) is 0 Å². The van der Waals surface area contributed by atoms with E-state index in [4.69, 9.17) is 4.42 Å². The molecule has 0 aromatic carbocycles. The number of nitrogens with one attached hydrogen (secondary N) is 2. The zero-order valence-corrected chi connectivity index (χ0v) is 11.7. The van der Waals surface area contributed by atoms with Crippen LogP contribution in [0.5, 0.6) is 0 Å². The van der Waals surface area contributed by atoms with Crippen LogP contribution in [0.3, 0.4) is 0 Å². The van der Waals surface area contributed by atoms with Crippen molar-refractivity contribution in [3.8, 4) is 0 Å². The van der Waals surface area contributed by atoms with Gasteiger partial charge in [0.2, 0.25) is 5.91 Å². The molecule has 1 fully saturated rings. The SMILES string of the molecule is Cc1occc1C(=O)NNC(=O)[C@H]1CCCC[C@@H]1C(=O)[O-]. The number of carbonyl (C=O) groups excluding carboxylic acids is 3. The van der Waals surface area contributed by atoms with Crippen molar-refractivity contribution in [3.63, 3.8) is 0 Å². The van der Waals surface area contributed by atoms with Gasteiger partial charge in [0, 0.05) is 17.8 Å². The van der Waals surface area contributed by atoms with Gasteiger partial charge < -0.3 is 14.3 Å². The molecule has 2 amide bonds. The molecule has 0 saturated heterocycles. The van der Waals surface area contributed by atoms with E-state index in [2.05, 4.69) is 10.9 Å². The predicted molar refractivity (Wildman–Crippen MR) is 69.5 cm³/mol. The summed E-state index contributed by atoms with van der Waals surface area (Å²) in [5.74, 6) is -3.26. The Morgan fingerprint density at radius 2 is 1.86 bits per heavy atom. The van der Waals surface area contributed by atoms with Crippen molar-refractivity contribution in [3.05, 3.63) is 23.7 Å². The van der Waals surface area contributed by atoms with Gasteiger partial charge in [-0.2, -0.15) is 0 Å². The standard InChI is InChI=1S/C14H18N2O5/c1-8-9(6-7-21-8)12(17)15-16-13(18)10-4-2-3-5-11(10)14(19)20/h6-7,10-11H,2-5H2,1H3,(H,15,17)(H,16,18)(H,19,20)/p-1/t10-,11-/m0/s1. The van der Waals surface area contributed by atoms with Crippen LogP contribution in [-0.2, 0) is 9.59 Å². The minimum atomic E-state index is -1.22. The van der Waals surface area contributed by atoms with E-state index in [1.54, 1.807) is 6.92 Å². The van der Waals surface area contributed by atoms with E-state index in [0.717, 1.165) is 12.8 Å². The van der Waals surface area contributed by atoms with E-state index in [-0.39, 0.29) is 0 Å². The van der Waals surface area contributed by atoms with Crippen LogP contribution in [-0.4, -0.2) is 17.8 Å². The maximum atomic E-state index is 12.0. The molecular formula is C14H17N2O5-. The Morgan fingerprint density at radius 3 is 2.43 bits per heavy atom. The summed E-state index contributed by atoms with van der Waals surface area (Å²) in [6.07, 6.45) is 3.83. The van der Waals surface area contributed by atoms with Crippen LogP contribution in [0, 0.1) is 18.8 Å². The molecule has 7 heteroatoms. The molecule has 7 nitrogen and oxygen atoms in total. The number of furan rings is 1. The number of hydrogen-bond donors (Lipinski definition) is 2. The number of rotatable bonds is 3. The molecule has 0 radical (unpaired) electrons. The van der Waals surface area contributed by atoms with Crippen LogP contribution in [0.2, 0.25) is 0 Å². The minimum Gasteiger partial charge on any atom is -0.550 e. The smallest absolute Gasteiger partial charge is 0.273 e. The average molecular weight is 293 g/mol. The van der Waals surface area contributed by atoms with Crippen molar-refractivity contribution in [1.82, 2.24) is 10.9 Å². The fourth-order valence-electron chi connectivity index (χ4n) is 2.63. The average Bonchev–Trinajstić information content (AvgIpc) is 2.90. The summed E-state index contributed by atoms with van der Waals surface area (Å²) >= 11 is 0. The van der Waals surface area contributed by atoms with E-state index in [9.17, 15) is 19.5 Å². The van der Waals surface area contributed by atoms with Crippen LogP contribution < -0.4 is 16.0 Å². The van der Waals surface area contributed by atoms with E-state index in [0.29, 0.717) is 24.2 Å². The van der Waals surface area contributed by atoms with Crippen molar-refractivity contribution >= 4 is 17.8 Å². The molecule has 1 aliphatic carbocycles. The summed E-state index contributed by atoms with van der Waals surface area (Å²) in [5.41, 5.74) is 4.87. The zero-order valence-electron chi connectivity index (χ0n) is 11.7. The molecular weight excluding hydrogens is 276 g/mol. The summed E-state index contributed by atoms with van der Waals surface area (Å²) in [6.45, 7) is 1.63. The van der Waals surface area contributed by atoms with Gasteiger partial charge in [0.05, 0.1) is 11.8 Å². The van der Waals surface area contributed by atoms with E-state index in [1.165, 1.54) is 12.3 Å². The number of carbonyl (C=O) groups is 3. The van der Waals surface area contributed by atoms with E-state index in [1.807, 2.05) is 0 Å². The Hall–Kier alpha value is -2.31. The molecule has 21 heavy (non-hydrogen) atoms. The second-order valence-electron chi connectivity index (χ2n) is 5.15. The number of hydrazine groups is 1. The van der Waals surface area contributed by atoms with Gasteiger partial charge in [0.25, 0.3) is 5.91 Å². The molecule has 1 aliphatic rings. The number of carboxylic acids is 1. The fraction of sp³-hybridized carbons (Fsp3) is 0.500. The lowest BCUT2D eigenvalue weighted by atomic mass is 9.79. The summed E-state index contributed by atoms with van der Waals surface area (Å²) in [7, 11) is 0. The quantitative estimate of drug-likeness (QED) is 0.756.